The van der Waals surface area contributed by atoms with Gasteiger partial charge in [-0.25, -0.2) is 0 Å². The minimum atomic E-state index is -0.0862. The van der Waals surface area contributed by atoms with E-state index >= 15 is 0 Å². The van der Waals surface area contributed by atoms with Crippen molar-refractivity contribution in [3.63, 3.8) is 0 Å². The Morgan fingerprint density at radius 3 is 2.11 bits per heavy atom. The van der Waals surface area contributed by atoms with Gasteiger partial charge in [0.15, 0.2) is 0 Å². The molecule has 18 heavy (non-hydrogen) atoms. The molecule has 0 heterocycles. The molecule has 0 aromatic rings. The van der Waals surface area contributed by atoms with E-state index in [1.807, 2.05) is 0 Å². The molecule has 0 spiro atoms. The number of hydrogen-bond acceptors (Lipinski definition) is 1. The van der Waals surface area contributed by atoms with E-state index in [-0.39, 0.29) is 5.60 Å². The van der Waals surface area contributed by atoms with Crippen molar-refractivity contribution in [1.82, 2.24) is 0 Å². The lowest BCUT2D eigenvalue weighted by Crippen LogP contribution is -2.24. The molecule has 104 valence electrons. The molecule has 0 saturated carbocycles. The van der Waals surface area contributed by atoms with Crippen LogP contribution in [0.25, 0.3) is 0 Å². The maximum atomic E-state index is 5.88. The largest absolute Gasteiger partial charge is 0.375 e. The van der Waals surface area contributed by atoms with E-state index in [1.54, 1.807) is 0 Å². The van der Waals surface area contributed by atoms with Gasteiger partial charge in [-0.1, -0.05) is 39.1 Å². The summed E-state index contributed by atoms with van der Waals surface area (Å²) in [5, 5.41) is 0. The fourth-order valence-corrected chi connectivity index (χ4v) is 1.80. The first-order valence-electron chi connectivity index (χ1n) is 7.07. The maximum Gasteiger partial charge on any atom is 0.0712 e. The summed E-state index contributed by atoms with van der Waals surface area (Å²) in [5.41, 5.74) is 1.43. The van der Waals surface area contributed by atoms with Crippen LogP contribution in [0.5, 0.6) is 0 Å². The van der Waals surface area contributed by atoms with Gasteiger partial charge in [-0.3, -0.25) is 0 Å². The Morgan fingerprint density at radius 1 is 1.17 bits per heavy atom. The second kappa shape index (κ2) is 7.38. The predicted molar refractivity (Wildman–Crippen MR) is 82.2 cm³/mol. The summed E-state index contributed by atoms with van der Waals surface area (Å²) in [4.78, 5) is 0. The van der Waals surface area contributed by atoms with Crippen LogP contribution in [0.4, 0.5) is 0 Å². The van der Waals surface area contributed by atoms with Crippen molar-refractivity contribution in [2.24, 2.45) is 11.3 Å². The quantitative estimate of drug-likeness (QED) is 0.467. The van der Waals surface area contributed by atoms with Crippen molar-refractivity contribution in [2.75, 3.05) is 6.61 Å². The summed E-state index contributed by atoms with van der Waals surface area (Å²) < 4.78 is 5.88. The van der Waals surface area contributed by atoms with Crippen LogP contribution in [0.1, 0.15) is 60.8 Å². The van der Waals surface area contributed by atoms with Crippen LogP contribution >= 0.6 is 0 Å². The third kappa shape index (κ3) is 9.76. The van der Waals surface area contributed by atoms with Crippen LogP contribution < -0.4 is 0 Å². The highest BCUT2D eigenvalue weighted by molar-refractivity contribution is 6.10. The Bertz CT molecular complexity index is 245. The standard InChI is InChI=1S/C16H31BO/c1-13(11-17)14(12-18-16(5,6)7)9-8-10-15(2,3)4/h14H,1,8-12H2,2-7H3. The molecule has 0 saturated heterocycles. The summed E-state index contributed by atoms with van der Waals surface area (Å²) >= 11 is 0. The van der Waals surface area contributed by atoms with Crippen molar-refractivity contribution in [2.45, 2.75) is 72.7 Å². The molecule has 0 aliphatic rings. The van der Waals surface area contributed by atoms with E-state index < -0.39 is 0 Å². The van der Waals surface area contributed by atoms with Crippen LogP contribution in [0, 0.1) is 11.3 Å². The smallest absolute Gasteiger partial charge is 0.0712 e. The molecular weight excluding hydrogens is 219 g/mol. The third-order valence-electron chi connectivity index (χ3n) is 3.04. The second-order valence-corrected chi connectivity index (χ2v) is 7.44. The van der Waals surface area contributed by atoms with E-state index in [2.05, 4.69) is 48.1 Å². The zero-order valence-electron chi connectivity index (χ0n) is 13.3. The minimum absolute atomic E-state index is 0.0862. The van der Waals surface area contributed by atoms with Gasteiger partial charge in [-0.15, -0.1) is 6.58 Å². The van der Waals surface area contributed by atoms with Crippen molar-refractivity contribution < 1.29 is 4.74 Å². The zero-order valence-corrected chi connectivity index (χ0v) is 13.3. The fraction of sp³-hybridized carbons (Fsp3) is 0.875. The van der Waals surface area contributed by atoms with Gasteiger partial charge in [0.05, 0.1) is 20.1 Å². The first kappa shape index (κ1) is 17.8. The molecule has 0 amide bonds. The predicted octanol–water partition coefficient (Wildman–Crippen LogP) is 4.78. The first-order chi connectivity index (χ1) is 8.05. The Kier molecular flexibility index (Phi) is 7.28. The van der Waals surface area contributed by atoms with Gasteiger partial charge < -0.3 is 4.74 Å². The van der Waals surface area contributed by atoms with Gasteiger partial charge in [0.1, 0.15) is 0 Å². The SMILES string of the molecule is [B]CC(=C)C(CCCC(C)(C)C)COC(C)(C)C. The molecule has 0 rings (SSSR count). The Hall–Kier alpha value is -0.235. The van der Waals surface area contributed by atoms with Gasteiger partial charge in [0, 0.05) is 5.92 Å². The summed E-state index contributed by atoms with van der Waals surface area (Å²) in [5.74, 6) is 0.400. The van der Waals surface area contributed by atoms with E-state index in [0.29, 0.717) is 17.7 Å². The fourth-order valence-electron chi connectivity index (χ4n) is 1.80. The molecule has 0 aromatic carbocycles. The molecule has 1 atom stereocenters. The minimum Gasteiger partial charge on any atom is -0.375 e. The topological polar surface area (TPSA) is 9.23 Å². The lowest BCUT2D eigenvalue weighted by atomic mass is 9.83. The molecule has 0 aliphatic heterocycles. The lowest BCUT2D eigenvalue weighted by molar-refractivity contribution is -0.0183. The van der Waals surface area contributed by atoms with Gasteiger partial charge >= 0.3 is 0 Å². The summed E-state index contributed by atoms with van der Waals surface area (Å²) in [7, 11) is 5.71. The number of ether oxygens (including phenoxy) is 1. The highest BCUT2D eigenvalue weighted by atomic mass is 16.5. The van der Waals surface area contributed by atoms with Crippen LogP contribution in [-0.4, -0.2) is 20.1 Å². The maximum absolute atomic E-state index is 5.88. The monoisotopic (exact) mass is 250 g/mol. The van der Waals surface area contributed by atoms with Crippen LogP contribution in [0.2, 0.25) is 6.32 Å². The molecule has 0 aromatic heterocycles. The number of rotatable bonds is 7. The van der Waals surface area contributed by atoms with Crippen molar-refractivity contribution in [3.8, 4) is 0 Å². The highest BCUT2D eigenvalue weighted by Gasteiger charge is 2.18. The van der Waals surface area contributed by atoms with Gasteiger partial charge in [-0.05, 0) is 39.0 Å². The normalized spacial score (nSPS) is 14.6. The molecule has 2 radical (unpaired) electrons. The van der Waals surface area contributed by atoms with Crippen LogP contribution in [0.3, 0.4) is 0 Å². The second-order valence-electron chi connectivity index (χ2n) is 7.44. The molecule has 0 aliphatic carbocycles. The summed E-state index contributed by atoms with van der Waals surface area (Å²) in [6.45, 7) is 17.9. The van der Waals surface area contributed by atoms with Crippen molar-refractivity contribution in [3.05, 3.63) is 12.2 Å². The Morgan fingerprint density at radius 2 is 1.72 bits per heavy atom. The van der Waals surface area contributed by atoms with Crippen LogP contribution in [-0.2, 0) is 4.74 Å². The highest BCUT2D eigenvalue weighted by Crippen LogP contribution is 2.27. The first-order valence-corrected chi connectivity index (χ1v) is 7.07. The van der Waals surface area contributed by atoms with Crippen molar-refractivity contribution in [1.29, 1.82) is 0 Å². The van der Waals surface area contributed by atoms with Gasteiger partial charge in [0.25, 0.3) is 0 Å². The van der Waals surface area contributed by atoms with Gasteiger partial charge in [-0.2, -0.15) is 0 Å². The molecular formula is C16H31BO. The van der Waals surface area contributed by atoms with E-state index in [4.69, 9.17) is 12.6 Å². The van der Waals surface area contributed by atoms with Crippen molar-refractivity contribution >= 4 is 7.85 Å². The molecule has 0 bridgehead atoms. The third-order valence-corrected chi connectivity index (χ3v) is 3.04. The summed E-state index contributed by atoms with van der Waals surface area (Å²) in [6.07, 6.45) is 4.13. The van der Waals surface area contributed by atoms with E-state index in [9.17, 15) is 0 Å². The molecule has 1 unspecified atom stereocenters. The zero-order chi connectivity index (χ0) is 14.4. The average molecular weight is 250 g/mol. The van der Waals surface area contributed by atoms with E-state index in [1.165, 1.54) is 12.8 Å². The molecule has 0 fully saturated rings. The van der Waals surface area contributed by atoms with Crippen LogP contribution in [0.15, 0.2) is 12.2 Å². The Labute approximate surface area is 116 Å². The molecule has 1 nitrogen and oxygen atoms in total. The van der Waals surface area contributed by atoms with Gasteiger partial charge in [0.2, 0.25) is 0 Å². The lowest BCUT2D eigenvalue weighted by Gasteiger charge is -2.26. The average Bonchev–Trinajstić information content (AvgIpc) is 2.19. The van der Waals surface area contributed by atoms with E-state index in [0.717, 1.165) is 18.6 Å². The Balaban J connectivity index is 4.21. The number of hydrogen-bond donors (Lipinski definition) is 0. The molecule has 0 N–H and O–H groups in total. The molecule has 2 heteroatoms. The summed E-state index contributed by atoms with van der Waals surface area (Å²) in [6, 6.07) is 0.